The van der Waals surface area contributed by atoms with Crippen LogP contribution in [0, 0.1) is 11.6 Å². The van der Waals surface area contributed by atoms with E-state index in [1.54, 1.807) is 20.8 Å². The molecule has 2 aromatic rings. The molecule has 0 aliphatic carbocycles. The van der Waals surface area contributed by atoms with Crippen molar-refractivity contribution < 1.29 is 28.2 Å². The summed E-state index contributed by atoms with van der Waals surface area (Å²) in [7, 11) is 0. The molecular formula is C22H20ClF2N3O5. The van der Waals surface area contributed by atoms with Crippen molar-refractivity contribution in [1.29, 1.82) is 0 Å². The van der Waals surface area contributed by atoms with Gasteiger partial charge < -0.3 is 24.6 Å². The molecule has 174 valence electrons. The van der Waals surface area contributed by atoms with E-state index in [2.05, 4.69) is 5.32 Å². The highest BCUT2D eigenvalue weighted by Crippen LogP contribution is 2.35. The molecule has 8 nitrogen and oxygen atoms in total. The van der Waals surface area contributed by atoms with Crippen LogP contribution in [0.1, 0.15) is 52.9 Å². The van der Waals surface area contributed by atoms with E-state index < -0.39 is 51.8 Å². The summed E-state index contributed by atoms with van der Waals surface area (Å²) in [5, 5.41) is 12.3. The van der Waals surface area contributed by atoms with Gasteiger partial charge in [-0.25, -0.2) is 8.78 Å². The maximum absolute atomic E-state index is 14.2. The minimum Gasteiger partial charge on any atom is -0.503 e. The summed E-state index contributed by atoms with van der Waals surface area (Å²) in [4.78, 5) is 40.4. The average Bonchev–Trinajstić information content (AvgIpc) is 2.77. The number of aromatic nitrogens is 1. The first-order chi connectivity index (χ1) is 15.5. The van der Waals surface area contributed by atoms with Crippen molar-refractivity contribution in [1.82, 2.24) is 14.8 Å². The Balaban J connectivity index is 1.79. The fraction of sp³-hybridized carbons (Fsp3) is 0.318. The number of pyridine rings is 1. The molecule has 33 heavy (non-hydrogen) atoms. The van der Waals surface area contributed by atoms with Gasteiger partial charge in [0.15, 0.2) is 11.4 Å². The lowest BCUT2D eigenvalue weighted by Crippen LogP contribution is -2.47. The third-order valence-electron chi connectivity index (χ3n) is 5.74. The monoisotopic (exact) mass is 479 g/mol. The zero-order valence-electron chi connectivity index (χ0n) is 18.0. The summed E-state index contributed by atoms with van der Waals surface area (Å²) < 4.78 is 34.6. The lowest BCUT2D eigenvalue weighted by molar-refractivity contribution is 0.0682. The van der Waals surface area contributed by atoms with Gasteiger partial charge in [-0.1, -0.05) is 17.7 Å². The van der Waals surface area contributed by atoms with Crippen molar-refractivity contribution in [2.75, 3.05) is 6.54 Å². The first-order valence-corrected chi connectivity index (χ1v) is 10.5. The first kappa shape index (κ1) is 22.8. The van der Waals surface area contributed by atoms with Crippen LogP contribution in [0.3, 0.4) is 0 Å². The lowest BCUT2D eigenvalue weighted by Gasteiger charge is -2.38. The Morgan fingerprint density at radius 3 is 2.67 bits per heavy atom. The third kappa shape index (κ3) is 3.54. The van der Waals surface area contributed by atoms with E-state index in [4.69, 9.17) is 16.3 Å². The summed E-state index contributed by atoms with van der Waals surface area (Å²) in [6.45, 7) is 4.86. The minimum atomic E-state index is -1.05. The average molecular weight is 480 g/mol. The molecule has 2 N–H and O–H groups in total. The lowest BCUT2D eigenvalue weighted by atomic mass is 10.0. The van der Waals surface area contributed by atoms with Crippen molar-refractivity contribution in [3.05, 3.63) is 67.3 Å². The van der Waals surface area contributed by atoms with Gasteiger partial charge >= 0.3 is 0 Å². The largest absolute Gasteiger partial charge is 0.503 e. The second kappa shape index (κ2) is 8.18. The molecular weight excluding hydrogens is 460 g/mol. The van der Waals surface area contributed by atoms with Crippen LogP contribution in [-0.4, -0.2) is 39.0 Å². The molecule has 3 heterocycles. The third-order valence-corrected chi connectivity index (χ3v) is 6.09. The molecule has 0 bridgehead atoms. The van der Waals surface area contributed by atoms with Crippen molar-refractivity contribution in [3.63, 3.8) is 0 Å². The maximum atomic E-state index is 14.2. The number of carbonyl (C=O) groups is 2. The highest BCUT2D eigenvalue weighted by Gasteiger charge is 2.39. The number of benzene rings is 1. The van der Waals surface area contributed by atoms with Crippen LogP contribution in [0.4, 0.5) is 8.78 Å². The van der Waals surface area contributed by atoms with Crippen LogP contribution in [0.25, 0.3) is 5.70 Å². The first-order valence-electron chi connectivity index (χ1n) is 10.1. The number of nitrogens with one attached hydrogen (secondary N) is 1. The predicted molar refractivity (Wildman–Crippen MR) is 115 cm³/mol. The number of aromatic hydroxyl groups is 1. The van der Waals surface area contributed by atoms with Crippen LogP contribution in [-0.2, 0) is 17.9 Å². The Kier molecular flexibility index (Phi) is 5.65. The second-order valence-electron chi connectivity index (χ2n) is 8.02. The molecule has 11 heteroatoms. The molecule has 0 spiro atoms. The van der Waals surface area contributed by atoms with Gasteiger partial charge in [0, 0.05) is 18.2 Å². The number of ether oxygens (including phenoxy) is 1. The molecule has 0 saturated heterocycles. The SMILES string of the molecule is CC1=C2CN(C(C)C)C(=O)c3c(O)c(=O)c(C(=O)NCc4ccc(F)c(Cl)c4F)c(n32)CO1. The Hall–Kier alpha value is -3.40. The fourth-order valence-electron chi connectivity index (χ4n) is 3.93. The number of rotatable bonds is 4. The van der Waals surface area contributed by atoms with E-state index in [-0.39, 0.29) is 36.1 Å². The Labute approximate surface area is 192 Å². The molecule has 2 amide bonds. The zero-order chi connectivity index (χ0) is 24.2. The number of carbonyl (C=O) groups excluding carboxylic acids is 2. The van der Waals surface area contributed by atoms with Crippen molar-refractivity contribution in [3.8, 4) is 5.75 Å². The molecule has 2 aliphatic heterocycles. The topological polar surface area (TPSA) is 101 Å². The second-order valence-corrected chi connectivity index (χ2v) is 8.40. The molecule has 1 aromatic carbocycles. The molecule has 0 saturated carbocycles. The van der Waals surface area contributed by atoms with Gasteiger partial charge in [-0.05, 0) is 26.8 Å². The summed E-state index contributed by atoms with van der Waals surface area (Å²) in [6, 6.07) is 1.85. The standard InChI is InChI=1S/C22H20ClF2N3O5/c1-9(2)27-7-13-10(3)33-8-14-15(19(29)20(30)18(22(27)32)28(13)14)21(31)26-6-11-4-5-12(24)16(23)17(11)25/h4-5,9,30H,6-8H2,1-3H3,(H,26,31). The van der Waals surface area contributed by atoms with Crippen molar-refractivity contribution >= 4 is 29.1 Å². The summed E-state index contributed by atoms with van der Waals surface area (Å²) in [5.74, 6) is -3.82. The fourth-order valence-corrected chi connectivity index (χ4v) is 4.11. The van der Waals surface area contributed by atoms with Crippen LogP contribution in [0.15, 0.2) is 22.7 Å². The van der Waals surface area contributed by atoms with Gasteiger partial charge in [-0.3, -0.25) is 14.4 Å². The van der Waals surface area contributed by atoms with E-state index in [1.165, 1.54) is 9.47 Å². The Morgan fingerprint density at radius 2 is 2.00 bits per heavy atom. The number of halogens is 3. The molecule has 1 aromatic heterocycles. The number of amides is 2. The number of hydrogen-bond donors (Lipinski definition) is 2. The molecule has 0 fully saturated rings. The van der Waals surface area contributed by atoms with Crippen molar-refractivity contribution in [2.24, 2.45) is 0 Å². The minimum absolute atomic E-state index is 0.0962. The predicted octanol–water partition coefficient (Wildman–Crippen LogP) is 3.00. The summed E-state index contributed by atoms with van der Waals surface area (Å²) >= 11 is 5.57. The number of hydrogen-bond acceptors (Lipinski definition) is 5. The van der Waals surface area contributed by atoms with E-state index in [0.29, 0.717) is 11.5 Å². The van der Waals surface area contributed by atoms with E-state index in [0.717, 1.165) is 12.1 Å². The maximum Gasteiger partial charge on any atom is 0.275 e. The van der Waals surface area contributed by atoms with Crippen LogP contribution in [0.5, 0.6) is 5.75 Å². The van der Waals surface area contributed by atoms with Crippen LogP contribution in [0.2, 0.25) is 5.02 Å². The quantitative estimate of drug-likeness (QED) is 0.657. The summed E-state index contributed by atoms with van der Waals surface area (Å²) in [5.41, 5.74) is -1.20. The van der Waals surface area contributed by atoms with Gasteiger partial charge in [0.05, 0.1) is 17.9 Å². The summed E-state index contributed by atoms with van der Waals surface area (Å²) in [6.07, 6.45) is 0. The van der Waals surface area contributed by atoms with Gasteiger partial charge in [-0.2, -0.15) is 0 Å². The molecule has 0 radical (unpaired) electrons. The number of nitrogens with zero attached hydrogens (tertiary/aromatic N) is 2. The smallest absolute Gasteiger partial charge is 0.275 e. The van der Waals surface area contributed by atoms with Crippen LogP contribution < -0.4 is 10.7 Å². The van der Waals surface area contributed by atoms with E-state index >= 15 is 0 Å². The van der Waals surface area contributed by atoms with Crippen molar-refractivity contribution in [2.45, 2.75) is 40.0 Å². The molecule has 4 rings (SSSR count). The van der Waals surface area contributed by atoms with Gasteiger partial charge in [0.25, 0.3) is 11.8 Å². The molecule has 0 atom stereocenters. The van der Waals surface area contributed by atoms with E-state index in [1.807, 2.05) is 0 Å². The Morgan fingerprint density at radius 1 is 1.30 bits per heavy atom. The Bertz CT molecular complexity index is 1300. The van der Waals surface area contributed by atoms with E-state index in [9.17, 15) is 28.3 Å². The van der Waals surface area contributed by atoms with Gasteiger partial charge in [0.1, 0.15) is 34.6 Å². The van der Waals surface area contributed by atoms with Crippen LogP contribution >= 0.6 is 11.6 Å². The molecule has 2 aliphatic rings. The molecule has 0 unspecified atom stereocenters. The zero-order valence-corrected chi connectivity index (χ0v) is 18.7. The normalized spacial score (nSPS) is 15.0. The number of allylic oxidation sites excluding steroid dienone is 1. The highest BCUT2D eigenvalue weighted by molar-refractivity contribution is 6.30. The highest BCUT2D eigenvalue weighted by atomic mass is 35.5. The van der Waals surface area contributed by atoms with Gasteiger partial charge in [0.2, 0.25) is 5.43 Å². The van der Waals surface area contributed by atoms with Gasteiger partial charge in [-0.15, -0.1) is 0 Å².